The molecule has 0 aliphatic rings. The van der Waals surface area contributed by atoms with Crippen LogP contribution in [0, 0.1) is 15.9 Å². The number of aryl methyl sites for hydroxylation is 1. The van der Waals surface area contributed by atoms with Gasteiger partial charge in [0.25, 0.3) is 5.69 Å². The van der Waals surface area contributed by atoms with Crippen LogP contribution >= 0.6 is 0 Å². The summed E-state index contributed by atoms with van der Waals surface area (Å²) < 4.78 is 14.8. The molecule has 2 aromatic rings. The quantitative estimate of drug-likeness (QED) is 0.489. The SMILES string of the molecule is O=[N+]([O-])c1cc(F)cc(NCCCn2ccnn2)c1. The summed E-state index contributed by atoms with van der Waals surface area (Å²) >= 11 is 0. The number of nitro benzene ring substituents is 1. The zero-order valence-electron chi connectivity index (χ0n) is 9.99. The number of nitrogens with zero attached hydrogens (tertiary/aromatic N) is 4. The minimum absolute atomic E-state index is 0.265. The molecule has 100 valence electrons. The van der Waals surface area contributed by atoms with Crippen molar-refractivity contribution in [3.8, 4) is 0 Å². The lowest BCUT2D eigenvalue weighted by atomic mass is 10.2. The summed E-state index contributed by atoms with van der Waals surface area (Å²) in [6.45, 7) is 1.23. The number of nitro groups is 1. The number of aromatic nitrogens is 3. The van der Waals surface area contributed by atoms with E-state index in [-0.39, 0.29) is 5.69 Å². The Hall–Kier alpha value is -2.51. The molecule has 0 radical (unpaired) electrons. The van der Waals surface area contributed by atoms with Crippen LogP contribution in [0.25, 0.3) is 0 Å². The van der Waals surface area contributed by atoms with Crippen LogP contribution in [0.1, 0.15) is 6.42 Å². The Bertz CT molecular complexity index is 558. The lowest BCUT2D eigenvalue weighted by molar-refractivity contribution is -0.385. The van der Waals surface area contributed by atoms with Gasteiger partial charge >= 0.3 is 0 Å². The average molecular weight is 265 g/mol. The highest BCUT2D eigenvalue weighted by Gasteiger charge is 2.09. The summed E-state index contributed by atoms with van der Waals surface area (Å²) in [6.07, 6.45) is 4.07. The Labute approximate surface area is 108 Å². The summed E-state index contributed by atoms with van der Waals surface area (Å²) in [6, 6.07) is 3.42. The number of hydrogen-bond acceptors (Lipinski definition) is 5. The summed E-state index contributed by atoms with van der Waals surface area (Å²) in [5.74, 6) is -0.632. The van der Waals surface area contributed by atoms with Crippen LogP contribution in [-0.4, -0.2) is 26.5 Å². The minimum atomic E-state index is -0.632. The highest BCUT2D eigenvalue weighted by atomic mass is 19.1. The highest BCUT2D eigenvalue weighted by molar-refractivity contribution is 5.51. The predicted molar refractivity (Wildman–Crippen MR) is 66.2 cm³/mol. The fourth-order valence-electron chi connectivity index (χ4n) is 1.61. The van der Waals surface area contributed by atoms with Crippen LogP contribution in [0.3, 0.4) is 0 Å². The zero-order valence-corrected chi connectivity index (χ0v) is 9.99. The van der Waals surface area contributed by atoms with Crippen molar-refractivity contribution in [3.63, 3.8) is 0 Å². The van der Waals surface area contributed by atoms with E-state index in [2.05, 4.69) is 15.6 Å². The second kappa shape index (κ2) is 5.89. The van der Waals surface area contributed by atoms with Crippen LogP contribution in [0.4, 0.5) is 15.8 Å². The first kappa shape index (κ1) is 12.9. The van der Waals surface area contributed by atoms with E-state index in [1.54, 1.807) is 17.1 Å². The molecule has 1 heterocycles. The molecule has 0 atom stereocenters. The summed E-state index contributed by atoms with van der Waals surface area (Å²) in [5.41, 5.74) is 0.129. The summed E-state index contributed by atoms with van der Waals surface area (Å²) in [7, 11) is 0. The fourth-order valence-corrected chi connectivity index (χ4v) is 1.61. The van der Waals surface area contributed by atoms with Crippen molar-refractivity contribution in [2.45, 2.75) is 13.0 Å². The fraction of sp³-hybridized carbons (Fsp3) is 0.273. The van der Waals surface area contributed by atoms with Crippen LogP contribution < -0.4 is 5.32 Å². The van der Waals surface area contributed by atoms with E-state index < -0.39 is 10.7 Å². The van der Waals surface area contributed by atoms with E-state index in [1.165, 1.54) is 12.1 Å². The van der Waals surface area contributed by atoms with Crippen molar-refractivity contribution < 1.29 is 9.31 Å². The van der Waals surface area contributed by atoms with Gasteiger partial charge in [-0.15, -0.1) is 5.10 Å². The van der Waals surface area contributed by atoms with Crippen LogP contribution in [0.15, 0.2) is 30.6 Å². The Kier molecular flexibility index (Phi) is 4.01. The third-order valence-electron chi connectivity index (χ3n) is 2.46. The average Bonchev–Trinajstić information content (AvgIpc) is 2.87. The number of nitrogens with one attached hydrogen (secondary N) is 1. The van der Waals surface area contributed by atoms with Gasteiger partial charge in [0.2, 0.25) is 0 Å². The monoisotopic (exact) mass is 265 g/mol. The van der Waals surface area contributed by atoms with E-state index >= 15 is 0 Å². The molecule has 0 saturated heterocycles. The van der Waals surface area contributed by atoms with Gasteiger partial charge in [-0.05, 0) is 12.5 Å². The second-order valence-electron chi connectivity index (χ2n) is 3.90. The van der Waals surface area contributed by atoms with Crippen molar-refractivity contribution in [3.05, 3.63) is 46.5 Å². The molecule has 0 spiro atoms. The van der Waals surface area contributed by atoms with Crippen molar-refractivity contribution >= 4 is 11.4 Å². The molecule has 1 aromatic carbocycles. The minimum Gasteiger partial charge on any atom is -0.385 e. The van der Waals surface area contributed by atoms with E-state index in [0.29, 0.717) is 18.8 Å². The third-order valence-corrected chi connectivity index (χ3v) is 2.46. The molecule has 0 aliphatic heterocycles. The highest BCUT2D eigenvalue weighted by Crippen LogP contribution is 2.19. The largest absolute Gasteiger partial charge is 0.385 e. The molecule has 7 nitrogen and oxygen atoms in total. The Morgan fingerprint density at radius 3 is 2.95 bits per heavy atom. The molecule has 1 aromatic heterocycles. The molecule has 19 heavy (non-hydrogen) atoms. The van der Waals surface area contributed by atoms with Gasteiger partial charge < -0.3 is 5.32 Å². The van der Waals surface area contributed by atoms with Crippen molar-refractivity contribution in [2.24, 2.45) is 0 Å². The van der Waals surface area contributed by atoms with Gasteiger partial charge in [0.1, 0.15) is 5.82 Å². The number of halogens is 1. The first-order valence-corrected chi connectivity index (χ1v) is 5.68. The number of rotatable bonds is 6. The number of benzene rings is 1. The molecular formula is C11H12FN5O2. The maximum Gasteiger partial charge on any atom is 0.274 e. The number of non-ortho nitro benzene ring substituents is 1. The van der Waals surface area contributed by atoms with E-state index in [9.17, 15) is 14.5 Å². The van der Waals surface area contributed by atoms with Gasteiger partial charge in [0.15, 0.2) is 0 Å². The van der Waals surface area contributed by atoms with E-state index in [4.69, 9.17) is 0 Å². The maximum atomic E-state index is 13.2. The van der Waals surface area contributed by atoms with Crippen molar-refractivity contribution in [2.75, 3.05) is 11.9 Å². The van der Waals surface area contributed by atoms with Crippen LogP contribution in [-0.2, 0) is 6.54 Å². The predicted octanol–water partition coefficient (Wildman–Crippen LogP) is 1.83. The summed E-state index contributed by atoms with van der Waals surface area (Å²) in [4.78, 5) is 9.96. The second-order valence-corrected chi connectivity index (χ2v) is 3.90. The first-order chi connectivity index (χ1) is 9.15. The Morgan fingerprint density at radius 1 is 1.42 bits per heavy atom. The van der Waals surface area contributed by atoms with Gasteiger partial charge in [-0.25, -0.2) is 4.39 Å². The molecule has 0 unspecified atom stereocenters. The first-order valence-electron chi connectivity index (χ1n) is 5.68. The molecule has 0 aliphatic carbocycles. The molecule has 1 N–H and O–H groups in total. The maximum absolute atomic E-state index is 13.2. The molecular weight excluding hydrogens is 253 g/mol. The van der Waals surface area contributed by atoms with Gasteiger partial charge in [-0.2, -0.15) is 0 Å². The zero-order chi connectivity index (χ0) is 13.7. The normalized spacial score (nSPS) is 10.4. The lowest BCUT2D eigenvalue weighted by Gasteiger charge is -2.06. The van der Waals surface area contributed by atoms with Crippen LogP contribution in [0.5, 0.6) is 0 Å². The van der Waals surface area contributed by atoms with Crippen molar-refractivity contribution in [1.82, 2.24) is 15.0 Å². The van der Waals surface area contributed by atoms with Gasteiger partial charge in [0.05, 0.1) is 17.2 Å². The molecule has 2 rings (SSSR count). The standard InChI is InChI=1S/C11H12FN5O2/c12-9-6-10(8-11(7-9)17(18)19)13-2-1-4-16-5-3-14-15-16/h3,5-8,13H,1-2,4H2. The van der Waals surface area contributed by atoms with Gasteiger partial charge in [0, 0.05) is 31.0 Å². The molecule has 0 bridgehead atoms. The van der Waals surface area contributed by atoms with Gasteiger partial charge in [-0.1, -0.05) is 5.21 Å². The number of hydrogen-bond donors (Lipinski definition) is 1. The molecule has 0 fully saturated rings. The van der Waals surface area contributed by atoms with Crippen molar-refractivity contribution in [1.29, 1.82) is 0 Å². The molecule has 8 heteroatoms. The lowest BCUT2D eigenvalue weighted by Crippen LogP contribution is -2.07. The topological polar surface area (TPSA) is 85.9 Å². The Morgan fingerprint density at radius 2 is 2.26 bits per heavy atom. The molecule has 0 amide bonds. The smallest absolute Gasteiger partial charge is 0.274 e. The van der Waals surface area contributed by atoms with Crippen LogP contribution in [0.2, 0.25) is 0 Å². The Balaban J connectivity index is 1.87. The molecule has 0 saturated carbocycles. The van der Waals surface area contributed by atoms with E-state index in [1.807, 2.05) is 0 Å². The van der Waals surface area contributed by atoms with Gasteiger partial charge in [-0.3, -0.25) is 14.8 Å². The third kappa shape index (κ3) is 3.73. The van der Waals surface area contributed by atoms with E-state index in [0.717, 1.165) is 12.5 Å². The number of anilines is 1. The summed E-state index contributed by atoms with van der Waals surface area (Å²) in [5, 5.41) is 21.0.